The summed E-state index contributed by atoms with van der Waals surface area (Å²) in [7, 11) is 0. The molecule has 4 heteroatoms. The summed E-state index contributed by atoms with van der Waals surface area (Å²) in [6.45, 7) is 9.23. The first-order valence-corrected chi connectivity index (χ1v) is 6.80. The van der Waals surface area contributed by atoms with Crippen LogP contribution in [0, 0.1) is 0 Å². The highest BCUT2D eigenvalue weighted by molar-refractivity contribution is 5.45. The fourth-order valence-corrected chi connectivity index (χ4v) is 2.82. The molecule has 1 saturated heterocycles. The quantitative estimate of drug-likeness (QED) is 0.842. The van der Waals surface area contributed by atoms with E-state index in [0.29, 0.717) is 13.2 Å². The third kappa shape index (κ3) is 2.42. The van der Waals surface area contributed by atoms with Crippen molar-refractivity contribution in [3.05, 3.63) is 23.8 Å². The number of ether oxygens (including phenoxy) is 3. The molecule has 19 heavy (non-hydrogen) atoms. The molecule has 104 valence electrons. The summed E-state index contributed by atoms with van der Waals surface area (Å²) in [5.74, 6) is 1.64. The van der Waals surface area contributed by atoms with Gasteiger partial charge in [0.1, 0.15) is 18.8 Å². The maximum Gasteiger partial charge on any atom is 0.161 e. The van der Waals surface area contributed by atoms with Crippen molar-refractivity contribution < 1.29 is 14.2 Å². The second-order valence-corrected chi connectivity index (χ2v) is 6.05. The largest absolute Gasteiger partial charge is 0.486 e. The number of nitrogens with one attached hydrogen (secondary N) is 1. The van der Waals surface area contributed by atoms with Gasteiger partial charge in [0.25, 0.3) is 0 Å². The zero-order chi connectivity index (χ0) is 13.5. The Labute approximate surface area is 114 Å². The van der Waals surface area contributed by atoms with E-state index >= 15 is 0 Å². The lowest BCUT2D eigenvalue weighted by atomic mass is 9.91. The highest BCUT2D eigenvalue weighted by Gasteiger charge is 2.39. The molecule has 4 nitrogen and oxygen atoms in total. The van der Waals surface area contributed by atoms with Crippen LogP contribution in [0.25, 0.3) is 0 Å². The van der Waals surface area contributed by atoms with Crippen LogP contribution in [-0.2, 0) is 10.3 Å². The van der Waals surface area contributed by atoms with E-state index in [0.717, 1.165) is 30.2 Å². The fraction of sp³-hybridized carbons (Fsp3) is 0.600. The van der Waals surface area contributed by atoms with E-state index in [-0.39, 0.29) is 11.2 Å². The normalized spacial score (nSPS) is 29.0. The Morgan fingerprint density at radius 3 is 2.47 bits per heavy atom. The topological polar surface area (TPSA) is 39.7 Å². The van der Waals surface area contributed by atoms with Gasteiger partial charge in [0, 0.05) is 13.1 Å². The van der Waals surface area contributed by atoms with Crippen LogP contribution in [0.15, 0.2) is 18.2 Å². The van der Waals surface area contributed by atoms with Crippen molar-refractivity contribution in [3.8, 4) is 11.5 Å². The molecule has 0 aromatic heterocycles. The Balaban J connectivity index is 1.92. The van der Waals surface area contributed by atoms with Crippen molar-refractivity contribution >= 4 is 0 Å². The SMILES string of the molecule is CC1(C)CNCC(C)(c2ccc3c(c2)OCCO3)O1. The van der Waals surface area contributed by atoms with Crippen LogP contribution in [0.5, 0.6) is 11.5 Å². The van der Waals surface area contributed by atoms with Crippen LogP contribution in [-0.4, -0.2) is 31.9 Å². The van der Waals surface area contributed by atoms with Crippen molar-refractivity contribution in [1.82, 2.24) is 5.32 Å². The van der Waals surface area contributed by atoms with Crippen LogP contribution in [0.3, 0.4) is 0 Å². The summed E-state index contributed by atoms with van der Waals surface area (Å²) < 4.78 is 17.5. The van der Waals surface area contributed by atoms with E-state index in [1.54, 1.807) is 0 Å². The van der Waals surface area contributed by atoms with Crippen LogP contribution < -0.4 is 14.8 Å². The van der Waals surface area contributed by atoms with Crippen molar-refractivity contribution in [2.75, 3.05) is 26.3 Å². The summed E-state index contributed by atoms with van der Waals surface area (Å²) in [5, 5.41) is 3.45. The van der Waals surface area contributed by atoms with E-state index in [4.69, 9.17) is 14.2 Å². The van der Waals surface area contributed by atoms with Crippen molar-refractivity contribution in [3.63, 3.8) is 0 Å². The molecular weight excluding hydrogens is 242 g/mol. The van der Waals surface area contributed by atoms with Gasteiger partial charge >= 0.3 is 0 Å². The molecule has 3 rings (SSSR count). The molecule has 0 radical (unpaired) electrons. The molecule has 0 saturated carbocycles. The molecule has 2 aliphatic rings. The van der Waals surface area contributed by atoms with Gasteiger partial charge in [0.15, 0.2) is 11.5 Å². The summed E-state index contributed by atoms with van der Waals surface area (Å²) >= 11 is 0. The van der Waals surface area contributed by atoms with Gasteiger partial charge in [-0.2, -0.15) is 0 Å². The molecule has 1 aromatic carbocycles. The summed E-state index contributed by atoms with van der Waals surface area (Å²) in [6.07, 6.45) is 0. The number of rotatable bonds is 1. The lowest BCUT2D eigenvalue weighted by Gasteiger charge is -2.44. The van der Waals surface area contributed by atoms with Crippen molar-refractivity contribution in [1.29, 1.82) is 0 Å². The van der Waals surface area contributed by atoms with Gasteiger partial charge in [-0.25, -0.2) is 0 Å². The predicted molar refractivity (Wildman–Crippen MR) is 72.8 cm³/mol. The van der Waals surface area contributed by atoms with Gasteiger partial charge in [0.2, 0.25) is 0 Å². The first-order valence-electron chi connectivity index (χ1n) is 6.80. The number of benzene rings is 1. The zero-order valence-electron chi connectivity index (χ0n) is 11.8. The van der Waals surface area contributed by atoms with Crippen LogP contribution in [0.4, 0.5) is 0 Å². The molecule has 0 spiro atoms. The third-order valence-corrected chi connectivity index (χ3v) is 3.67. The Kier molecular flexibility index (Phi) is 2.95. The summed E-state index contributed by atoms with van der Waals surface area (Å²) in [5.41, 5.74) is 0.620. The maximum absolute atomic E-state index is 6.28. The average molecular weight is 263 g/mol. The van der Waals surface area contributed by atoms with Crippen LogP contribution in [0.1, 0.15) is 26.3 Å². The lowest BCUT2D eigenvalue weighted by molar-refractivity contribution is -0.158. The molecule has 0 aliphatic carbocycles. The Hall–Kier alpha value is -1.26. The number of fused-ring (bicyclic) bond motifs is 1. The van der Waals surface area contributed by atoms with E-state index < -0.39 is 0 Å². The standard InChI is InChI=1S/C15H21NO3/c1-14(2)9-16-10-15(3,19-14)11-4-5-12-13(8-11)18-7-6-17-12/h4-5,8,16H,6-7,9-10H2,1-3H3. The smallest absolute Gasteiger partial charge is 0.161 e. The minimum absolute atomic E-state index is 0.166. The van der Waals surface area contributed by atoms with E-state index in [1.165, 1.54) is 0 Å². The Morgan fingerprint density at radius 2 is 1.74 bits per heavy atom. The van der Waals surface area contributed by atoms with Gasteiger partial charge in [-0.05, 0) is 38.5 Å². The number of hydrogen-bond donors (Lipinski definition) is 1. The van der Waals surface area contributed by atoms with Gasteiger partial charge in [-0.1, -0.05) is 6.07 Å². The van der Waals surface area contributed by atoms with Gasteiger partial charge in [-0.15, -0.1) is 0 Å². The van der Waals surface area contributed by atoms with E-state index in [9.17, 15) is 0 Å². The van der Waals surface area contributed by atoms with Crippen LogP contribution >= 0.6 is 0 Å². The van der Waals surface area contributed by atoms with Gasteiger partial charge in [0.05, 0.1) is 5.60 Å². The number of hydrogen-bond acceptors (Lipinski definition) is 4. The summed E-state index contributed by atoms with van der Waals surface area (Å²) in [6, 6.07) is 6.08. The highest BCUT2D eigenvalue weighted by atomic mass is 16.6. The average Bonchev–Trinajstić information content (AvgIpc) is 2.36. The molecular formula is C15H21NO3. The summed E-state index contributed by atoms with van der Waals surface area (Å²) in [4.78, 5) is 0. The van der Waals surface area contributed by atoms with Crippen LogP contribution in [0.2, 0.25) is 0 Å². The first-order chi connectivity index (χ1) is 8.99. The molecule has 2 heterocycles. The molecule has 2 aliphatic heterocycles. The predicted octanol–water partition coefficient (Wildman–Crippen LogP) is 2.07. The van der Waals surface area contributed by atoms with E-state index in [1.807, 2.05) is 12.1 Å². The molecule has 1 N–H and O–H groups in total. The Morgan fingerprint density at radius 1 is 1.00 bits per heavy atom. The van der Waals surface area contributed by atoms with Gasteiger partial charge in [-0.3, -0.25) is 0 Å². The molecule has 0 bridgehead atoms. The fourth-order valence-electron chi connectivity index (χ4n) is 2.82. The first kappa shape index (κ1) is 12.8. The number of morpholine rings is 1. The minimum atomic E-state index is -0.336. The highest BCUT2D eigenvalue weighted by Crippen LogP contribution is 2.38. The second kappa shape index (κ2) is 4.39. The van der Waals surface area contributed by atoms with Crippen molar-refractivity contribution in [2.24, 2.45) is 0 Å². The second-order valence-electron chi connectivity index (χ2n) is 6.05. The molecule has 1 atom stereocenters. The van der Waals surface area contributed by atoms with Crippen molar-refractivity contribution in [2.45, 2.75) is 32.0 Å². The third-order valence-electron chi connectivity index (χ3n) is 3.67. The monoisotopic (exact) mass is 263 g/mol. The minimum Gasteiger partial charge on any atom is -0.486 e. The van der Waals surface area contributed by atoms with E-state index in [2.05, 4.69) is 32.2 Å². The maximum atomic E-state index is 6.28. The van der Waals surface area contributed by atoms with Gasteiger partial charge < -0.3 is 19.5 Å². The Bertz CT molecular complexity index is 486. The lowest BCUT2D eigenvalue weighted by Crippen LogP contribution is -2.55. The molecule has 1 unspecified atom stereocenters. The molecule has 1 fully saturated rings. The zero-order valence-corrected chi connectivity index (χ0v) is 11.8. The molecule has 1 aromatic rings. The molecule has 0 amide bonds.